The molecule has 4 nitrogen and oxygen atoms in total. The van der Waals surface area contributed by atoms with Crippen LogP contribution in [-0.4, -0.2) is 27.9 Å². The molecule has 0 saturated heterocycles. The van der Waals surface area contributed by atoms with E-state index >= 15 is 0 Å². The van der Waals surface area contributed by atoms with Gasteiger partial charge in [-0.3, -0.25) is 4.98 Å². The summed E-state index contributed by atoms with van der Waals surface area (Å²) in [4.78, 5) is 4.02. The molecule has 0 spiro atoms. The van der Waals surface area contributed by atoms with Crippen LogP contribution in [0.15, 0.2) is 18.5 Å². The minimum absolute atomic E-state index is 0.0895. The van der Waals surface area contributed by atoms with E-state index in [0.717, 1.165) is 5.56 Å². The number of hydrogen-bond donors (Lipinski definition) is 2. The number of ether oxygens (including phenoxy) is 1. The van der Waals surface area contributed by atoms with Crippen molar-refractivity contribution in [1.82, 2.24) is 4.98 Å². The van der Waals surface area contributed by atoms with Gasteiger partial charge in [-0.05, 0) is 32.8 Å². The molecule has 1 rings (SSSR count). The van der Waals surface area contributed by atoms with Crippen molar-refractivity contribution in [3.8, 4) is 5.75 Å². The van der Waals surface area contributed by atoms with Crippen LogP contribution in [0.2, 0.25) is 0 Å². The summed E-state index contributed by atoms with van der Waals surface area (Å²) < 4.78 is 5.49. The summed E-state index contributed by atoms with van der Waals surface area (Å²) in [6.07, 6.45) is 3.86. The summed E-state index contributed by atoms with van der Waals surface area (Å²) in [6, 6.07) is 1.79. The Labute approximate surface area is 95.9 Å². The SMILES string of the molecule is CC(C)Oc1cncc(C(O)CCCO)c1. The van der Waals surface area contributed by atoms with Crippen LogP contribution in [0.5, 0.6) is 5.75 Å². The third kappa shape index (κ3) is 4.16. The predicted molar refractivity (Wildman–Crippen MR) is 61.3 cm³/mol. The molecule has 0 aliphatic rings. The molecule has 4 heteroatoms. The highest BCUT2D eigenvalue weighted by Crippen LogP contribution is 2.21. The van der Waals surface area contributed by atoms with Crippen molar-refractivity contribution < 1.29 is 14.9 Å². The molecule has 0 saturated carbocycles. The first-order valence-corrected chi connectivity index (χ1v) is 5.54. The molecule has 1 unspecified atom stereocenters. The van der Waals surface area contributed by atoms with E-state index in [1.54, 1.807) is 18.5 Å². The molecule has 16 heavy (non-hydrogen) atoms. The van der Waals surface area contributed by atoms with E-state index in [-0.39, 0.29) is 12.7 Å². The average molecular weight is 225 g/mol. The minimum atomic E-state index is -0.588. The third-order valence-electron chi connectivity index (χ3n) is 2.13. The maximum atomic E-state index is 9.80. The first-order chi connectivity index (χ1) is 7.63. The molecule has 1 heterocycles. The van der Waals surface area contributed by atoms with Crippen LogP contribution in [0.1, 0.15) is 38.4 Å². The third-order valence-corrected chi connectivity index (χ3v) is 2.13. The molecule has 0 bridgehead atoms. The van der Waals surface area contributed by atoms with Crippen molar-refractivity contribution in [3.63, 3.8) is 0 Å². The molecule has 1 atom stereocenters. The summed E-state index contributed by atoms with van der Waals surface area (Å²) in [5.74, 6) is 0.663. The number of aliphatic hydroxyl groups is 2. The Morgan fingerprint density at radius 3 is 2.75 bits per heavy atom. The highest BCUT2D eigenvalue weighted by molar-refractivity contribution is 5.25. The Kier molecular flexibility index (Phi) is 5.22. The number of nitrogens with zero attached hydrogens (tertiary/aromatic N) is 1. The van der Waals surface area contributed by atoms with Gasteiger partial charge in [0.1, 0.15) is 5.75 Å². The van der Waals surface area contributed by atoms with Crippen LogP contribution in [0.3, 0.4) is 0 Å². The summed E-state index contributed by atoms with van der Waals surface area (Å²) in [5.41, 5.74) is 0.728. The lowest BCUT2D eigenvalue weighted by Gasteiger charge is -2.13. The molecular formula is C12H19NO3. The first-order valence-electron chi connectivity index (χ1n) is 5.54. The summed E-state index contributed by atoms with van der Waals surface area (Å²) >= 11 is 0. The van der Waals surface area contributed by atoms with Gasteiger partial charge in [-0.15, -0.1) is 0 Å². The summed E-state index contributed by atoms with van der Waals surface area (Å²) in [6.45, 7) is 3.97. The van der Waals surface area contributed by atoms with Crippen molar-refractivity contribution in [2.75, 3.05) is 6.61 Å². The van der Waals surface area contributed by atoms with Crippen molar-refractivity contribution >= 4 is 0 Å². The van der Waals surface area contributed by atoms with Gasteiger partial charge in [-0.2, -0.15) is 0 Å². The van der Waals surface area contributed by atoms with E-state index in [1.165, 1.54) is 0 Å². The molecule has 1 aromatic heterocycles. The van der Waals surface area contributed by atoms with Gasteiger partial charge in [-0.1, -0.05) is 0 Å². The standard InChI is InChI=1S/C12H19NO3/c1-9(2)16-11-6-10(7-13-8-11)12(15)4-3-5-14/h6-9,12,14-15H,3-5H2,1-2H3. The number of pyridine rings is 1. The Balaban J connectivity index is 2.65. The Bertz CT molecular complexity index is 315. The fourth-order valence-corrected chi connectivity index (χ4v) is 1.41. The second kappa shape index (κ2) is 6.45. The fourth-order valence-electron chi connectivity index (χ4n) is 1.41. The van der Waals surface area contributed by atoms with E-state index in [9.17, 15) is 5.11 Å². The van der Waals surface area contributed by atoms with Gasteiger partial charge < -0.3 is 14.9 Å². The van der Waals surface area contributed by atoms with Gasteiger partial charge in [-0.25, -0.2) is 0 Å². The van der Waals surface area contributed by atoms with Gasteiger partial charge in [0.15, 0.2) is 0 Å². The number of aliphatic hydroxyl groups excluding tert-OH is 2. The topological polar surface area (TPSA) is 62.6 Å². The van der Waals surface area contributed by atoms with E-state index in [1.807, 2.05) is 13.8 Å². The zero-order valence-corrected chi connectivity index (χ0v) is 9.76. The molecular weight excluding hydrogens is 206 g/mol. The molecule has 2 N–H and O–H groups in total. The molecule has 0 aromatic carbocycles. The lowest BCUT2D eigenvalue weighted by molar-refractivity contribution is 0.150. The average Bonchev–Trinajstić information content (AvgIpc) is 2.25. The van der Waals surface area contributed by atoms with E-state index in [0.29, 0.717) is 18.6 Å². The van der Waals surface area contributed by atoms with Crippen LogP contribution in [0.25, 0.3) is 0 Å². The van der Waals surface area contributed by atoms with Crippen LogP contribution < -0.4 is 4.74 Å². The molecule has 90 valence electrons. The second-order valence-corrected chi connectivity index (χ2v) is 4.00. The normalized spacial score (nSPS) is 12.8. The predicted octanol–water partition coefficient (Wildman–Crippen LogP) is 1.67. The number of rotatable bonds is 6. The van der Waals surface area contributed by atoms with Gasteiger partial charge in [0, 0.05) is 18.4 Å². The van der Waals surface area contributed by atoms with Crippen molar-refractivity contribution in [1.29, 1.82) is 0 Å². The van der Waals surface area contributed by atoms with Gasteiger partial charge in [0.2, 0.25) is 0 Å². The zero-order chi connectivity index (χ0) is 12.0. The quantitative estimate of drug-likeness (QED) is 0.773. The molecule has 0 aliphatic carbocycles. The largest absolute Gasteiger partial charge is 0.489 e. The van der Waals surface area contributed by atoms with E-state index < -0.39 is 6.10 Å². The highest BCUT2D eigenvalue weighted by Gasteiger charge is 2.09. The summed E-state index contributed by atoms with van der Waals surface area (Å²) in [5, 5.41) is 18.5. The van der Waals surface area contributed by atoms with Crippen LogP contribution in [0.4, 0.5) is 0 Å². The molecule has 0 radical (unpaired) electrons. The molecule has 0 aliphatic heterocycles. The Hall–Kier alpha value is -1.13. The van der Waals surface area contributed by atoms with Gasteiger partial charge in [0.05, 0.1) is 18.4 Å². The van der Waals surface area contributed by atoms with Crippen molar-refractivity contribution in [3.05, 3.63) is 24.0 Å². The molecule has 0 fully saturated rings. The van der Waals surface area contributed by atoms with E-state index in [4.69, 9.17) is 9.84 Å². The smallest absolute Gasteiger partial charge is 0.138 e. The number of aromatic nitrogens is 1. The monoisotopic (exact) mass is 225 g/mol. The molecule has 1 aromatic rings. The van der Waals surface area contributed by atoms with Crippen molar-refractivity contribution in [2.45, 2.75) is 38.9 Å². The second-order valence-electron chi connectivity index (χ2n) is 4.00. The van der Waals surface area contributed by atoms with Crippen LogP contribution in [0, 0.1) is 0 Å². The van der Waals surface area contributed by atoms with E-state index in [2.05, 4.69) is 4.98 Å². The maximum absolute atomic E-state index is 9.80. The highest BCUT2D eigenvalue weighted by atomic mass is 16.5. The maximum Gasteiger partial charge on any atom is 0.138 e. The van der Waals surface area contributed by atoms with Gasteiger partial charge >= 0.3 is 0 Å². The van der Waals surface area contributed by atoms with Crippen LogP contribution in [-0.2, 0) is 0 Å². The minimum Gasteiger partial charge on any atom is -0.489 e. The van der Waals surface area contributed by atoms with Crippen LogP contribution >= 0.6 is 0 Å². The lowest BCUT2D eigenvalue weighted by Crippen LogP contribution is -2.07. The Morgan fingerprint density at radius 1 is 1.38 bits per heavy atom. The van der Waals surface area contributed by atoms with Gasteiger partial charge in [0.25, 0.3) is 0 Å². The lowest BCUT2D eigenvalue weighted by atomic mass is 10.1. The van der Waals surface area contributed by atoms with Crippen molar-refractivity contribution in [2.24, 2.45) is 0 Å². The first kappa shape index (κ1) is 12.9. The number of hydrogen-bond acceptors (Lipinski definition) is 4. The zero-order valence-electron chi connectivity index (χ0n) is 9.76. The summed E-state index contributed by atoms with van der Waals surface area (Å²) in [7, 11) is 0. The Morgan fingerprint density at radius 2 is 2.12 bits per heavy atom. The fraction of sp³-hybridized carbons (Fsp3) is 0.583. The molecule has 0 amide bonds.